The molecule has 0 amide bonds. The van der Waals surface area contributed by atoms with E-state index in [9.17, 15) is 4.79 Å². The smallest absolute Gasteiger partial charge is 0.178 e. The molecule has 0 aliphatic rings. The lowest BCUT2D eigenvalue weighted by Crippen LogP contribution is -1.88. The van der Waals surface area contributed by atoms with Gasteiger partial charge in [-0.1, -0.05) is 17.7 Å². The third-order valence-corrected chi connectivity index (χ3v) is 2.12. The monoisotopic (exact) mass is 230 g/mol. The summed E-state index contributed by atoms with van der Waals surface area (Å²) in [6, 6.07) is 1.93. The quantitative estimate of drug-likeness (QED) is 0.568. The summed E-state index contributed by atoms with van der Waals surface area (Å²) >= 11 is 0. The SMILES string of the molecule is CC(C)=CC(=O)/C=C(C)/C=C/Cc1ccoc1. The van der Waals surface area contributed by atoms with Crippen molar-refractivity contribution >= 4 is 5.78 Å². The molecular weight excluding hydrogens is 212 g/mol. The van der Waals surface area contributed by atoms with Crippen LogP contribution in [-0.4, -0.2) is 5.78 Å². The minimum atomic E-state index is 0.0375. The normalized spacial score (nSPS) is 11.8. The summed E-state index contributed by atoms with van der Waals surface area (Å²) in [5, 5.41) is 0. The number of ketones is 1. The largest absolute Gasteiger partial charge is 0.472 e. The Morgan fingerprint density at radius 1 is 1.29 bits per heavy atom. The van der Waals surface area contributed by atoms with Crippen LogP contribution in [0.3, 0.4) is 0 Å². The van der Waals surface area contributed by atoms with Crippen molar-refractivity contribution in [1.29, 1.82) is 0 Å². The van der Waals surface area contributed by atoms with Gasteiger partial charge in [-0.25, -0.2) is 0 Å². The van der Waals surface area contributed by atoms with Crippen molar-refractivity contribution < 1.29 is 9.21 Å². The molecular formula is C15H18O2. The highest BCUT2D eigenvalue weighted by molar-refractivity contribution is 6.00. The van der Waals surface area contributed by atoms with E-state index in [2.05, 4.69) is 0 Å². The van der Waals surface area contributed by atoms with Gasteiger partial charge in [0.2, 0.25) is 0 Å². The molecule has 17 heavy (non-hydrogen) atoms. The Morgan fingerprint density at radius 2 is 2.06 bits per heavy atom. The summed E-state index contributed by atoms with van der Waals surface area (Å²) in [5.74, 6) is 0.0375. The van der Waals surface area contributed by atoms with Gasteiger partial charge in [-0.3, -0.25) is 4.79 Å². The summed E-state index contributed by atoms with van der Waals surface area (Å²) in [7, 11) is 0. The number of hydrogen-bond acceptors (Lipinski definition) is 2. The average Bonchev–Trinajstić information content (AvgIpc) is 2.68. The Bertz CT molecular complexity index is 441. The lowest BCUT2D eigenvalue weighted by Gasteiger charge is -1.92. The summed E-state index contributed by atoms with van der Waals surface area (Å²) < 4.78 is 4.97. The minimum Gasteiger partial charge on any atom is -0.472 e. The molecule has 2 nitrogen and oxygen atoms in total. The molecule has 0 unspecified atom stereocenters. The van der Waals surface area contributed by atoms with E-state index in [-0.39, 0.29) is 5.78 Å². The van der Waals surface area contributed by atoms with Crippen molar-refractivity contribution in [3.8, 4) is 0 Å². The minimum absolute atomic E-state index is 0.0375. The van der Waals surface area contributed by atoms with E-state index in [1.54, 1.807) is 24.7 Å². The van der Waals surface area contributed by atoms with Crippen molar-refractivity contribution in [2.45, 2.75) is 27.2 Å². The van der Waals surface area contributed by atoms with Crippen LogP contribution < -0.4 is 0 Å². The Kier molecular flexibility index (Phi) is 5.21. The molecule has 2 heteroatoms. The third kappa shape index (κ3) is 5.71. The number of carbonyl (C=O) groups is 1. The van der Waals surface area contributed by atoms with Gasteiger partial charge in [-0.05, 0) is 56.5 Å². The van der Waals surface area contributed by atoms with Gasteiger partial charge in [0.25, 0.3) is 0 Å². The fourth-order valence-corrected chi connectivity index (χ4v) is 1.39. The number of furan rings is 1. The highest BCUT2D eigenvalue weighted by Crippen LogP contribution is 2.04. The van der Waals surface area contributed by atoms with Crippen LogP contribution in [0.4, 0.5) is 0 Å². The fourth-order valence-electron chi connectivity index (χ4n) is 1.39. The van der Waals surface area contributed by atoms with Gasteiger partial charge < -0.3 is 4.42 Å². The van der Waals surface area contributed by atoms with E-state index in [0.29, 0.717) is 0 Å². The van der Waals surface area contributed by atoms with E-state index in [1.165, 1.54) is 0 Å². The molecule has 0 spiro atoms. The van der Waals surface area contributed by atoms with Crippen LogP contribution in [-0.2, 0) is 11.2 Å². The van der Waals surface area contributed by atoms with Crippen LogP contribution in [0.2, 0.25) is 0 Å². The molecule has 0 N–H and O–H groups in total. The molecule has 0 radical (unpaired) electrons. The van der Waals surface area contributed by atoms with Gasteiger partial charge in [0.1, 0.15) is 0 Å². The Balaban J connectivity index is 2.51. The van der Waals surface area contributed by atoms with E-state index in [4.69, 9.17) is 4.42 Å². The Morgan fingerprint density at radius 3 is 2.65 bits per heavy atom. The molecule has 1 aromatic rings. The zero-order valence-electron chi connectivity index (χ0n) is 10.6. The molecule has 0 aromatic carbocycles. The summed E-state index contributed by atoms with van der Waals surface area (Å²) in [6.45, 7) is 5.74. The van der Waals surface area contributed by atoms with Gasteiger partial charge in [-0.15, -0.1) is 0 Å². The standard InChI is InChI=1S/C15H18O2/c1-12(2)9-15(16)10-13(3)5-4-6-14-7-8-17-11-14/h4-5,7-11H,6H2,1-3H3/b5-4+,13-10+. The maximum Gasteiger partial charge on any atom is 0.178 e. The first-order valence-corrected chi connectivity index (χ1v) is 5.62. The second-order valence-corrected chi connectivity index (χ2v) is 4.25. The van der Waals surface area contributed by atoms with E-state index in [1.807, 2.05) is 39.0 Å². The second kappa shape index (κ2) is 6.69. The molecule has 0 aliphatic carbocycles. The van der Waals surface area contributed by atoms with E-state index >= 15 is 0 Å². The molecule has 0 aliphatic heterocycles. The highest BCUT2D eigenvalue weighted by atomic mass is 16.3. The topological polar surface area (TPSA) is 30.2 Å². The highest BCUT2D eigenvalue weighted by Gasteiger charge is 1.93. The third-order valence-electron chi connectivity index (χ3n) is 2.12. The number of carbonyl (C=O) groups excluding carboxylic acids is 1. The first-order valence-electron chi connectivity index (χ1n) is 5.62. The first-order chi connectivity index (χ1) is 8.08. The van der Waals surface area contributed by atoms with Gasteiger partial charge >= 0.3 is 0 Å². The Labute approximate surface area is 102 Å². The van der Waals surface area contributed by atoms with E-state index in [0.717, 1.165) is 23.1 Å². The van der Waals surface area contributed by atoms with Crippen molar-refractivity contribution in [3.05, 3.63) is 59.6 Å². The average molecular weight is 230 g/mol. The Hall–Kier alpha value is -1.83. The molecule has 0 bridgehead atoms. The molecule has 1 heterocycles. The molecule has 0 saturated heterocycles. The first kappa shape index (κ1) is 13.2. The molecule has 0 atom stereocenters. The maximum absolute atomic E-state index is 11.5. The lowest BCUT2D eigenvalue weighted by molar-refractivity contribution is -0.110. The van der Waals surface area contributed by atoms with Crippen molar-refractivity contribution in [2.24, 2.45) is 0 Å². The second-order valence-electron chi connectivity index (χ2n) is 4.25. The number of allylic oxidation sites excluding steroid dienone is 6. The van der Waals surface area contributed by atoms with Gasteiger partial charge in [0, 0.05) is 0 Å². The summed E-state index contributed by atoms with van der Waals surface area (Å²) in [5.41, 5.74) is 3.10. The predicted molar refractivity (Wildman–Crippen MR) is 69.7 cm³/mol. The van der Waals surface area contributed by atoms with Crippen LogP contribution in [0, 0.1) is 0 Å². The van der Waals surface area contributed by atoms with Crippen LogP contribution in [0.25, 0.3) is 0 Å². The van der Waals surface area contributed by atoms with Crippen LogP contribution >= 0.6 is 0 Å². The van der Waals surface area contributed by atoms with Gasteiger partial charge in [-0.2, -0.15) is 0 Å². The predicted octanol–water partition coefficient (Wildman–Crippen LogP) is 3.86. The van der Waals surface area contributed by atoms with Crippen molar-refractivity contribution in [1.82, 2.24) is 0 Å². The van der Waals surface area contributed by atoms with E-state index < -0.39 is 0 Å². The van der Waals surface area contributed by atoms with Gasteiger partial charge in [0.05, 0.1) is 12.5 Å². The molecule has 90 valence electrons. The maximum atomic E-state index is 11.5. The number of hydrogen-bond donors (Lipinski definition) is 0. The van der Waals surface area contributed by atoms with Crippen LogP contribution in [0.5, 0.6) is 0 Å². The number of rotatable bonds is 5. The summed E-state index contributed by atoms with van der Waals surface area (Å²) in [4.78, 5) is 11.5. The zero-order valence-corrected chi connectivity index (χ0v) is 10.6. The summed E-state index contributed by atoms with van der Waals surface area (Å²) in [6.07, 6.45) is 11.4. The van der Waals surface area contributed by atoms with Gasteiger partial charge in [0.15, 0.2) is 5.78 Å². The van der Waals surface area contributed by atoms with Crippen molar-refractivity contribution in [3.63, 3.8) is 0 Å². The molecule has 1 aromatic heterocycles. The molecule has 0 saturated carbocycles. The molecule has 1 rings (SSSR count). The van der Waals surface area contributed by atoms with Crippen LogP contribution in [0.15, 0.2) is 58.5 Å². The molecule has 0 fully saturated rings. The van der Waals surface area contributed by atoms with Crippen molar-refractivity contribution in [2.75, 3.05) is 0 Å². The zero-order chi connectivity index (χ0) is 12.7. The lowest BCUT2D eigenvalue weighted by atomic mass is 10.1. The fraction of sp³-hybridized carbons (Fsp3) is 0.267. The van der Waals surface area contributed by atoms with Crippen LogP contribution in [0.1, 0.15) is 26.3 Å².